The zero-order chi connectivity index (χ0) is 16.8. The maximum Gasteiger partial charge on any atom is 0.124 e. The predicted molar refractivity (Wildman–Crippen MR) is 97.7 cm³/mol. The minimum Gasteiger partial charge on any atom is -0.398 e. The molecule has 1 aliphatic carbocycles. The largest absolute Gasteiger partial charge is 0.398 e. The van der Waals surface area contributed by atoms with E-state index in [2.05, 4.69) is 29.0 Å². The fourth-order valence-electron chi connectivity index (χ4n) is 3.25. The van der Waals surface area contributed by atoms with Gasteiger partial charge in [-0.2, -0.15) is 0 Å². The molecule has 2 aromatic rings. The van der Waals surface area contributed by atoms with Crippen molar-refractivity contribution in [2.24, 2.45) is 10.7 Å². The quantitative estimate of drug-likeness (QED) is 0.389. The molecule has 0 fully saturated rings. The summed E-state index contributed by atoms with van der Waals surface area (Å²) in [5.74, 6) is 0.549. The number of amidine groups is 1. The van der Waals surface area contributed by atoms with Gasteiger partial charge in [0.2, 0.25) is 0 Å². The van der Waals surface area contributed by atoms with Crippen LogP contribution in [-0.4, -0.2) is 11.5 Å². The lowest BCUT2D eigenvalue weighted by Crippen LogP contribution is -2.22. The van der Waals surface area contributed by atoms with E-state index in [4.69, 9.17) is 16.9 Å². The number of aliphatic imine (C=N–C) groups is 1. The molecule has 0 spiro atoms. The van der Waals surface area contributed by atoms with E-state index in [1.807, 2.05) is 24.3 Å². The standard InChI is InChI=1S/C19H17N5/c1-10-23-17(12-6-7-16(20)14(9-12)19(21)22)15-8-11-4-2-3-5-13(11)18(15)24-10/h2-7,9,24H,1,8,20H2,(H3,21,22). The van der Waals surface area contributed by atoms with Crippen LogP contribution in [0.5, 0.6) is 0 Å². The highest BCUT2D eigenvalue weighted by Crippen LogP contribution is 2.36. The highest BCUT2D eigenvalue weighted by molar-refractivity contribution is 6.20. The second-order valence-corrected chi connectivity index (χ2v) is 5.94. The average molecular weight is 315 g/mol. The lowest BCUT2D eigenvalue weighted by molar-refractivity contribution is 1.03. The summed E-state index contributed by atoms with van der Waals surface area (Å²) in [4.78, 5) is 4.61. The zero-order valence-corrected chi connectivity index (χ0v) is 13.1. The number of benzene rings is 2. The first kappa shape index (κ1) is 14.3. The maximum absolute atomic E-state index is 7.70. The molecular formula is C19H17N5. The summed E-state index contributed by atoms with van der Waals surface area (Å²) < 4.78 is 0. The maximum atomic E-state index is 7.70. The van der Waals surface area contributed by atoms with Gasteiger partial charge in [-0.05, 0) is 17.7 Å². The summed E-state index contributed by atoms with van der Waals surface area (Å²) in [6, 6.07) is 13.8. The van der Waals surface area contributed by atoms with Crippen molar-refractivity contribution in [3.63, 3.8) is 0 Å². The van der Waals surface area contributed by atoms with E-state index < -0.39 is 0 Å². The van der Waals surface area contributed by atoms with Crippen LogP contribution in [0.4, 0.5) is 5.69 Å². The van der Waals surface area contributed by atoms with Crippen LogP contribution in [0.1, 0.15) is 22.3 Å². The number of allylic oxidation sites excluding steroid dienone is 1. The molecule has 5 nitrogen and oxygen atoms in total. The molecule has 0 atom stereocenters. The molecule has 0 bridgehead atoms. The Morgan fingerprint density at radius 3 is 2.79 bits per heavy atom. The van der Waals surface area contributed by atoms with E-state index >= 15 is 0 Å². The molecule has 2 aliphatic rings. The number of hydrogen-bond donors (Lipinski definition) is 4. The Bertz CT molecular complexity index is 965. The van der Waals surface area contributed by atoms with Crippen LogP contribution in [0.15, 0.2) is 65.4 Å². The number of hydrogen-bond acceptors (Lipinski definition) is 4. The Labute approximate surface area is 139 Å². The lowest BCUT2D eigenvalue weighted by Gasteiger charge is -2.20. The molecular weight excluding hydrogens is 298 g/mol. The van der Waals surface area contributed by atoms with E-state index in [0.717, 1.165) is 29.0 Å². The van der Waals surface area contributed by atoms with E-state index in [1.165, 1.54) is 11.1 Å². The lowest BCUT2D eigenvalue weighted by atomic mass is 9.96. The van der Waals surface area contributed by atoms with Crippen LogP contribution < -0.4 is 16.8 Å². The normalized spacial score (nSPS) is 15.5. The van der Waals surface area contributed by atoms with Crippen LogP contribution in [0, 0.1) is 5.41 Å². The Kier molecular flexibility index (Phi) is 3.03. The van der Waals surface area contributed by atoms with Crippen molar-refractivity contribution in [1.29, 1.82) is 5.41 Å². The third kappa shape index (κ3) is 2.10. The molecule has 0 saturated heterocycles. The fourth-order valence-corrected chi connectivity index (χ4v) is 3.25. The topological polar surface area (TPSA) is 100 Å². The molecule has 0 aromatic heterocycles. The SMILES string of the molecule is C=C1N=C(c2ccc(N)c(C(=N)N)c2)C2=C(N1)c1ccccc1C2. The average Bonchev–Trinajstić information content (AvgIpc) is 2.93. The number of anilines is 1. The van der Waals surface area contributed by atoms with Crippen LogP contribution >= 0.6 is 0 Å². The van der Waals surface area contributed by atoms with Gasteiger partial charge in [-0.3, -0.25) is 5.41 Å². The van der Waals surface area contributed by atoms with Gasteiger partial charge in [0, 0.05) is 34.4 Å². The molecule has 0 unspecified atom stereocenters. The van der Waals surface area contributed by atoms with Gasteiger partial charge in [0.15, 0.2) is 0 Å². The van der Waals surface area contributed by atoms with Crippen molar-refractivity contribution >= 4 is 22.9 Å². The molecule has 5 heteroatoms. The van der Waals surface area contributed by atoms with E-state index in [9.17, 15) is 0 Å². The Morgan fingerprint density at radius 1 is 1.21 bits per heavy atom. The third-order valence-corrected chi connectivity index (χ3v) is 4.37. The monoisotopic (exact) mass is 315 g/mol. The van der Waals surface area contributed by atoms with E-state index in [1.54, 1.807) is 6.07 Å². The summed E-state index contributed by atoms with van der Waals surface area (Å²) in [6.07, 6.45) is 0.810. The van der Waals surface area contributed by atoms with E-state index in [-0.39, 0.29) is 5.84 Å². The fraction of sp³-hybridized carbons (Fsp3) is 0.0526. The van der Waals surface area contributed by atoms with Gasteiger partial charge in [0.05, 0.1) is 11.4 Å². The van der Waals surface area contributed by atoms with Crippen LogP contribution in [0.2, 0.25) is 0 Å². The molecule has 0 amide bonds. The second-order valence-electron chi connectivity index (χ2n) is 5.94. The Hall–Kier alpha value is -3.34. The third-order valence-electron chi connectivity index (χ3n) is 4.37. The van der Waals surface area contributed by atoms with E-state index in [0.29, 0.717) is 17.1 Å². The molecule has 24 heavy (non-hydrogen) atoms. The number of fused-ring (bicyclic) bond motifs is 2. The molecule has 0 saturated carbocycles. The first-order chi connectivity index (χ1) is 11.5. The summed E-state index contributed by atoms with van der Waals surface area (Å²) in [6.45, 7) is 3.97. The summed E-state index contributed by atoms with van der Waals surface area (Å²) in [5, 5.41) is 11.0. The number of nitrogens with two attached hydrogens (primary N) is 2. The summed E-state index contributed by atoms with van der Waals surface area (Å²) >= 11 is 0. The zero-order valence-electron chi connectivity index (χ0n) is 13.1. The van der Waals surface area contributed by atoms with Crippen molar-refractivity contribution in [3.8, 4) is 0 Å². The highest BCUT2D eigenvalue weighted by Gasteiger charge is 2.28. The minimum atomic E-state index is -0.0494. The number of rotatable bonds is 2. The van der Waals surface area contributed by atoms with Gasteiger partial charge in [-0.15, -0.1) is 0 Å². The minimum absolute atomic E-state index is 0.0494. The molecule has 1 aliphatic heterocycles. The molecule has 4 rings (SSSR count). The van der Waals surface area contributed by atoms with Crippen LogP contribution in [0.3, 0.4) is 0 Å². The van der Waals surface area contributed by atoms with Crippen molar-refractivity contribution < 1.29 is 0 Å². The van der Waals surface area contributed by atoms with Gasteiger partial charge >= 0.3 is 0 Å². The first-order valence-electron chi connectivity index (χ1n) is 7.65. The molecule has 0 radical (unpaired) electrons. The van der Waals surface area contributed by atoms with Gasteiger partial charge < -0.3 is 16.8 Å². The summed E-state index contributed by atoms with van der Waals surface area (Å²) in [5.41, 5.74) is 18.9. The van der Waals surface area contributed by atoms with Crippen molar-refractivity contribution in [3.05, 3.63) is 82.7 Å². The highest BCUT2D eigenvalue weighted by atomic mass is 15.1. The van der Waals surface area contributed by atoms with Crippen LogP contribution in [-0.2, 0) is 6.42 Å². The van der Waals surface area contributed by atoms with Gasteiger partial charge in [0.25, 0.3) is 0 Å². The number of nitrogens with zero attached hydrogens (tertiary/aromatic N) is 1. The van der Waals surface area contributed by atoms with Crippen LogP contribution in [0.25, 0.3) is 5.70 Å². The van der Waals surface area contributed by atoms with Crippen molar-refractivity contribution in [2.75, 3.05) is 5.73 Å². The molecule has 1 heterocycles. The molecule has 6 N–H and O–H groups in total. The van der Waals surface area contributed by atoms with Crippen molar-refractivity contribution in [1.82, 2.24) is 5.32 Å². The molecule has 118 valence electrons. The van der Waals surface area contributed by atoms with Gasteiger partial charge in [-0.25, -0.2) is 4.99 Å². The smallest absolute Gasteiger partial charge is 0.124 e. The Morgan fingerprint density at radius 2 is 2.00 bits per heavy atom. The Balaban J connectivity index is 1.86. The number of nitrogen functional groups attached to an aromatic ring is 2. The predicted octanol–water partition coefficient (Wildman–Crippen LogP) is 2.38. The number of nitrogens with one attached hydrogen (secondary N) is 2. The first-order valence-corrected chi connectivity index (χ1v) is 7.65. The molecule has 2 aromatic carbocycles. The van der Waals surface area contributed by atoms with Gasteiger partial charge in [-0.1, -0.05) is 36.9 Å². The second kappa shape index (κ2) is 5.09. The summed E-state index contributed by atoms with van der Waals surface area (Å²) in [7, 11) is 0. The van der Waals surface area contributed by atoms with Crippen molar-refractivity contribution in [2.45, 2.75) is 6.42 Å². The van der Waals surface area contributed by atoms with Gasteiger partial charge in [0.1, 0.15) is 11.7 Å².